The first-order valence-corrected chi connectivity index (χ1v) is 10.4. The van der Waals surface area contributed by atoms with Crippen molar-refractivity contribution < 1.29 is 17.9 Å². The van der Waals surface area contributed by atoms with Gasteiger partial charge in [0.25, 0.3) is 0 Å². The van der Waals surface area contributed by atoms with Gasteiger partial charge < -0.3 is 19.4 Å². The Morgan fingerprint density at radius 2 is 1.68 bits per heavy atom. The van der Waals surface area contributed by atoms with Gasteiger partial charge in [-0.1, -0.05) is 12.1 Å². The first-order valence-electron chi connectivity index (χ1n) is 8.95. The molecule has 1 aliphatic rings. The number of H-pyrrole nitrogens is 1. The second-order valence-corrected chi connectivity index (χ2v) is 8.42. The van der Waals surface area contributed by atoms with Crippen molar-refractivity contribution in [2.75, 3.05) is 45.3 Å². The van der Waals surface area contributed by atoms with E-state index in [0.717, 1.165) is 17.0 Å². The van der Waals surface area contributed by atoms with Crippen molar-refractivity contribution >= 4 is 27.0 Å². The van der Waals surface area contributed by atoms with Gasteiger partial charge in [0.05, 0.1) is 30.1 Å². The number of aromatic amines is 1. The number of fused-ring (bicyclic) bond motifs is 1. The number of aromatic nitrogens is 2. The third-order valence-electron chi connectivity index (χ3n) is 4.91. The average molecular weight is 402 g/mol. The van der Waals surface area contributed by atoms with E-state index >= 15 is 0 Å². The summed E-state index contributed by atoms with van der Waals surface area (Å²) in [5, 5.41) is 0. The van der Waals surface area contributed by atoms with Gasteiger partial charge in [-0.25, -0.2) is 13.4 Å². The molecule has 4 rings (SSSR count). The average Bonchev–Trinajstić information content (AvgIpc) is 3.17. The molecule has 0 spiro atoms. The Morgan fingerprint density at radius 3 is 2.36 bits per heavy atom. The summed E-state index contributed by atoms with van der Waals surface area (Å²) in [5.41, 5.74) is 1.87. The fourth-order valence-electron chi connectivity index (χ4n) is 3.36. The van der Waals surface area contributed by atoms with E-state index in [9.17, 15) is 8.42 Å². The zero-order chi connectivity index (χ0) is 19.7. The predicted molar refractivity (Wildman–Crippen MR) is 107 cm³/mol. The summed E-state index contributed by atoms with van der Waals surface area (Å²) >= 11 is 0. The van der Waals surface area contributed by atoms with Crippen molar-refractivity contribution in [2.24, 2.45) is 0 Å². The molecule has 1 N–H and O–H groups in total. The minimum Gasteiger partial charge on any atom is -0.493 e. The molecule has 1 fully saturated rings. The second kappa shape index (κ2) is 7.33. The maximum atomic E-state index is 13.0. The number of imidazole rings is 1. The zero-order valence-electron chi connectivity index (χ0n) is 15.8. The van der Waals surface area contributed by atoms with E-state index in [0.29, 0.717) is 37.7 Å². The van der Waals surface area contributed by atoms with E-state index in [1.54, 1.807) is 12.1 Å². The van der Waals surface area contributed by atoms with Gasteiger partial charge in [-0.05, 0) is 24.3 Å². The highest BCUT2D eigenvalue weighted by molar-refractivity contribution is 7.89. The molecule has 9 heteroatoms. The maximum absolute atomic E-state index is 13.0. The summed E-state index contributed by atoms with van der Waals surface area (Å²) < 4.78 is 38.0. The Balaban J connectivity index is 1.51. The molecular formula is C19H22N4O4S. The minimum atomic E-state index is -3.61. The molecular weight excluding hydrogens is 380 g/mol. The number of hydrogen-bond donors (Lipinski definition) is 1. The lowest BCUT2D eigenvalue weighted by Gasteiger charge is -2.33. The molecule has 8 nitrogen and oxygen atoms in total. The number of anilines is 1. The highest BCUT2D eigenvalue weighted by Crippen LogP contribution is 2.31. The summed E-state index contributed by atoms with van der Waals surface area (Å²) in [7, 11) is -0.606. The van der Waals surface area contributed by atoms with Crippen molar-refractivity contribution in [3.8, 4) is 11.5 Å². The molecule has 0 saturated carbocycles. The standard InChI is InChI=1S/C19H22N4O4S/c1-26-17-8-7-14(13-18(17)27-2)28(24,25)23-11-9-22(10-12-23)19-20-15-5-3-4-6-16(15)21-19/h3-8,13H,9-12H2,1-2H3,(H,20,21). The molecule has 0 bridgehead atoms. The van der Waals surface area contributed by atoms with Crippen molar-refractivity contribution in [2.45, 2.75) is 4.90 Å². The van der Waals surface area contributed by atoms with Crippen LogP contribution >= 0.6 is 0 Å². The molecule has 0 atom stereocenters. The number of piperazine rings is 1. The van der Waals surface area contributed by atoms with Gasteiger partial charge in [0.1, 0.15) is 0 Å². The molecule has 148 valence electrons. The van der Waals surface area contributed by atoms with Crippen LogP contribution in [0.25, 0.3) is 11.0 Å². The van der Waals surface area contributed by atoms with Crippen LogP contribution in [0.4, 0.5) is 5.95 Å². The first-order chi connectivity index (χ1) is 13.5. The Kier molecular flexibility index (Phi) is 4.86. The highest BCUT2D eigenvalue weighted by Gasteiger charge is 2.30. The molecule has 1 saturated heterocycles. The summed E-state index contributed by atoms with van der Waals surface area (Å²) in [6, 6.07) is 12.5. The van der Waals surface area contributed by atoms with Crippen LogP contribution in [-0.2, 0) is 10.0 Å². The van der Waals surface area contributed by atoms with Crippen molar-refractivity contribution in [1.82, 2.24) is 14.3 Å². The Labute approximate surface area is 163 Å². The lowest BCUT2D eigenvalue weighted by Crippen LogP contribution is -2.49. The lowest BCUT2D eigenvalue weighted by molar-refractivity contribution is 0.353. The van der Waals surface area contributed by atoms with E-state index in [1.807, 2.05) is 24.3 Å². The number of sulfonamides is 1. The van der Waals surface area contributed by atoms with E-state index in [4.69, 9.17) is 9.47 Å². The number of methoxy groups -OCH3 is 2. The molecule has 0 unspecified atom stereocenters. The molecule has 0 radical (unpaired) electrons. The first kappa shape index (κ1) is 18.6. The minimum absolute atomic E-state index is 0.197. The van der Waals surface area contributed by atoms with Gasteiger partial charge >= 0.3 is 0 Å². The van der Waals surface area contributed by atoms with Crippen molar-refractivity contribution in [3.63, 3.8) is 0 Å². The van der Waals surface area contributed by atoms with Gasteiger partial charge in [-0.15, -0.1) is 0 Å². The van der Waals surface area contributed by atoms with Crippen LogP contribution in [0.2, 0.25) is 0 Å². The lowest BCUT2D eigenvalue weighted by atomic mass is 10.3. The number of hydrogen-bond acceptors (Lipinski definition) is 6. The molecule has 2 heterocycles. The van der Waals surface area contributed by atoms with Crippen LogP contribution in [0.15, 0.2) is 47.4 Å². The van der Waals surface area contributed by atoms with Crippen LogP contribution in [0, 0.1) is 0 Å². The molecule has 28 heavy (non-hydrogen) atoms. The SMILES string of the molecule is COc1ccc(S(=O)(=O)N2CCN(c3nc4ccccc4[nH]3)CC2)cc1OC. The van der Waals surface area contributed by atoms with Crippen LogP contribution in [0.3, 0.4) is 0 Å². The van der Waals surface area contributed by atoms with Crippen molar-refractivity contribution in [3.05, 3.63) is 42.5 Å². The van der Waals surface area contributed by atoms with Gasteiger partial charge in [0.2, 0.25) is 16.0 Å². The van der Waals surface area contributed by atoms with Crippen molar-refractivity contribution in [1.29, 1.82) is 0 Å². The number of para-hydroxylation sites is 2. The largest absolute Gasteiger partial charge is 0.493 e. The van der Waals surface area contributed by atoms with E-state index in [1.165, 1.54) is 24.6 Å². The van der Waals surface area contributed by atoms with Gasteiger partial charge in [-0.2, -0.15) is 4.31 Å². The van der Waals surface area contributed by atoms with Gasteiger partial charge in [-0.3, -0.25) is 0 Å². The Morgan fingerprint density at radius 1 is 0.964 bits per heavy atom. The smallest absolute Gasteiger partial charge is 0.243 e. The topological polar surface area (TPSA) is 87.8 Å². The van der Waals surface area contributed by atoms with E-state index < -0.39 is 10.0 Å². The number of nitrogens with zero attached hydrogens (tertiary/aromatic N) is 3. The summed E-state index contributed by atoms with van der Waals surface area (Å²) in [6.07, 6.45) is 0. The predicted octanol–water partition coefficient (Wildman–Crippen LogP) is 2.09. The number of benzene rings is 2. The molecule has 3 aromatic rings. The van der Waals surface area contributed by atoms with Crippen LogP contribution in [0.5, 0.6) is 11.5 Å². The second-order valence-electron chi connectivity index (χ2n) is 6.49. The third-order valence-corrected chi connectivity index (χ3v) is 6.80. The molecule has 1 aromatic heterocycles. The fourth-order valence-corrected chi connectivity index (χ4v) is 4.79. The Hall–Kier alpha value is -2.78. The molecule has 2 aromatic carbocycles. The zero-order valence-corrected chi connectivity index (χ0v) is 16.6. The monoisotopic (exact) mass is 402 g/mol. The summed E-state index contributed by atoms with van der Waals surface area (Å²) in [5.74, 6) is 1.66. The normalized spacial score (nSPS) is 15.7. The molecule has 0 aliphatic carbocycles. The maximum Gasteiger partial charge on any atom is 0.243 e. The number of nitrogens with one attached hydrogen (secondary N) is 1. The quantitative estimate of drug-likeness (QED) is 0.703. The highest BCUT2D eigenvalue weighted by atomic mass is 32.2. The van der Waals surface area contributed by atoms with Crippen LogP contribution in [0.1, 0.15) is 0 Å². The van der Waals surface area contributed by atoms with Gasteiger partial charge in [0, 0.05) is 32.2 Å². The molecule has 0 amide bonds. The molecule has 1 aliphatic heterocycles. The number of ether oxygens (including phenoxy) is 2. The third kappa shape index (κ3) is 3.27. The number of rotatable bonds is 5. The summed E-state index contributed by atoms with van der Waals surface area (Å²) in [6.45, 7) is 1.89. The van der Waals surface area contributed by atoms with E-state index in [-0.39, 0.29) is 4.90 Å². The Bertz CT molecular complexity index is 1060. The van der Waals surface area contributed by atoms with Crippen LogP contribution < -0.4 is 14.4 Å². The summed E-state index contributed by atoms with van der Waals surface area (Å²) in [4.78, 5) is 10.2. The fraction of sp³-hybridized carbons (Fsp3) is 0.316. The van der Waals surface area contributed by atoms with E-state index in [2.05, 4.69) is 14.9 Å². The van der Waals surface area contributed by atoms with Gasteiger partial charge in [0.15, 0.2) is 11.5 Å². The van der Waals surface area contributed by atoms with Crippen LogP contribution in [-0.4, -0.2) is 63.1 Å².